The number of anilines is 2. The van der Waals surface area contributed by atoms with Crippen molar-refractivity contribution in [3.63, 3.8) is 0 Å². The first-order valence-electron chi connectivity index (χ1n) is 10.7. The second kappa shape index (κ2) is 9.20. The fraction of sp³-hybridized carbons (Fsp3) is 0.417. The molecule has 2 aromatic carbocycles. The fourth-order valence-electron chi connectivity index (χ4n) is 4.72. The molecule has 0 radical (unpaired) electrons. The Bertz CT molecular complexity index is 900. The van der Waals surface area contributed by atoms with Crippen molar-refractivity contribution < 1.29 is 14.3 Å². The Morgan fingerprint density at radius 1 is 0.933 bits per heavy atom. The van der Waals surface area contributed by atoms with Crippen LogP contribution in [0, 0.1) is 11.8 Å². The number of amides is 3. The zero-order valence-corrected chi connectivity index (χ0v) is 17.4. The Morgan fingerprint density at radius 3 is 2.43 bits per heavy atom. The summed E-state index contributed by atoms with van der Waals surface area (Å²) in [6.07, 6.45) is 6.23. The summed E-state index contributed by atoms with van der Waals surface area (Å²) in [6, 6.07) is 14.1. The third-order valence-electron chi connectivity index (χ3n) is 6.30. The molecule has 6 nitrogen and oxygen atoms in total. The summed E-state index contributed by atoms with van der Waals surface area (Å²) in [5.41, 5.74) is 1.82. The fourth-order valence-corrected chi connectivity index (χ4v) is 4.72. The lowest BCUT2D eigenvalue weighted by Gasteiger charge is -2.41. The average molecular weight is 408 g/mol. The van der Waals surface area contributed by atoms with Gasteiger partial charge >= 0.3 is 6.03 Å². The molecule has 2 aliphatic rings. The van der Waals surface area contributed by atoms with Gasteiger partial charge in [0, 0.05) is 30.5 Å². The highest BCUT2D eigenvalue weighted by Crippen LogP contribution is 2.37. The van der Waals surface area contributed by atoms with E-state index in [4.69, 9.17) is 4.74 Å². The number of ether oxygens (including phenoxy) is 1. The highest BCUT2D eigenvalue weighted by molar-refractivity contribution is 6.01. The van der Waals surface area contributed by atoms with Gasteiger partial charge in [0.1, 0.15) is 5.75 Å². The molecule has 0 spiro atoms. The summed E-state index contributed by atoms with van der Waals surface area (Å²) < 4.78 is 5.49. The van der Waals surface area contributed by atoms with Crippen LogP contribution in [0.3, 0.4) is 0 Å². The molecule has 6 heteroatoms. The van der Waals surface area contributed by atoms with E-state index in [9.17, 15) is 9.59 Å². The lowest BCUT2D eigenvalue weighted by molar-refractivity contribution is 0.0518. The molecular formula is C24H29N3O3. The number of urea groups is 1. The van der Waals surface area contributed by atoms with E-state index in [0.717, 1.165) is 25.4 Å². The smallest absolute Gasteiger partial charge is 0.323 e. The van der Waals surface area contributed by atoms with Gasteiger partial charge in [0.25, 0.3) is 5.91 Å². The Hall–Kier alpha value is -3.02. The first kappa shape index (κ1) is 20.3. The molecule has 1 aliphatic carbocycles. The number of nitrogens with one attached hydrogen (secondary N) is 2. The van der Waals surface area contributed by atoms with Gasteiger partial charge in [-0.05, 0) is 48.9 Å². The lowest BCUT2D eigenvalue weighted by atomic mass is 9.75. The SMILES string of the molecule is COc1cc(NC(=O)Nc2ccccc2)ccc1C(=O)N1CC[C@H]2CCCC[C@H]2C1. The number of piperidine rings is 1. The maximum Gasteiger partial charge on any atom is 0.323 e. The van der Waals surface area contributed by atoms with Gasteiger partial charge in [-0.2, -0.15) is 0 Å². The molecule has 3 amide bonds. The van der Waals surface area contributed by atoms with Crippen molar-refractivity contribution in [2.75, 3.05) is 30.8 Å². The van der Waals surface area contributed by atoms with Crippen LogP contribution in [-0.2, 0) is 0 Å². The van der Waals surface area contributed by atoms with Gasteiger partial charge in [0.15, 0.2) is 0 Å². The quantitative estimate of drug-likeness (QED) is 0.750. The first-order chi connectivity index (χ1) is 14.6. The Labute approximate surface area is 177 Å². The predicted octanol–water partition coefficient (Wildman–Crippen LogP) is 4.99. The number of likely N-dealkylation sites (tertiary alicyclic amines) is 1. The molecule has 0 bridgehead atoms. The highest BCUT2D eigenvalue weighted by atomic mass is 16.5. The topological polar surface area (TPSA) is 70.7 Å². The third kappa shape index (κ3) is 4.58. The van der Waals surface area contributed by atoms with E-state index >= 15 is 0 Å². The van der Waals surface area contributed by atoms with Crippen LogP contribution in [0.4, 0.5) is 16.2 Å². The van der Waals surface area contributed by atoms with Crippen LogP contribution in [0.1, 0.15) is 42.5 Å². The van der Waals surface area contributed by atoms with Crippen LogP contribution in [0.5, 0.6) is 5.75 Å². The molecule has 2 N–H and O–H groups in total. The minimum Gasteiger partial charge on any atom is -0.496 e. The van der Waals surface area contributed by atoms with Crippen LogP contribution >= 0.6 is 0 Å². The normalized spacial score (nSPS) is 20.8. The number of hydrogen-bond acceptors (Lipinski definition) is 3. The van der Waals surface area contributed by atoms with E-state index in [1.165, 1.54) is 25.7 Å². The molecule has 0 aromatic heterocycles. The number of para-hydroxylation sites is 1. The standard InChI is InChI=1S/C24H29N3O3/c1-30-22-15-20(26-24(29)25-19-9-3-2-4-10-19)11-12-21(22)23(28)27-14-13-17-7-5-6-8-18(17)16-27/h2-4,9-12,15,17-18H,5-8,13-14,16H2,1H3,(H2,25,26,29)/t17-,18+/m1/s1. The number of rotatable bonds is 4. The summed E-state index contributed by atoms with van der Waals surface area (Å²) >= 11 is 0. The van der Waals surface area contributed by atoms with Crippen LogP contribution in [-0.4, -0.2) is 37.0 Å². The van der Waals surface area contributed by atoms with Gasteiger partial charge in [-0.25, -0.2) is 4.79 Å². The van der Waals surface area contributed by atoms with E-state index in [1.807, 2.05) is 35.2 Å². The van der Waals surface area contributed by atoms with E-state index < -0.39 is 0 Å². The van der Waals surface area contributed by atoms with Crippen LogP contribution in [0.2, 0.25) is 0 Å². The van der Waals surface area contributed by atoms with E-state index in [1.54, 1.807) is 25.3 Å². The molecule has 1 saturated heterocycles. The van der Waals surface area contributed by atoms with Crippen molar-refractivity contribution in [1.29, 1.82) is 0 Å². The average Bonchev–Trinajstić information content (AvgIpc) is 2.78. The monoisotopic (exact) mass is 407 g/mol. The maximum atomic E-state index is 13.2. The Kier molecular flexibility index (Phi) is 6.21. The van der Waals surface area contributed by atoms with Gasteiger partial charge in [-0.1, -0.05) is 37.5 Å². The van der Waals surface area contributed by atoms with Crippen molar-refractivity contribution in [2.24, 2.45) is 11.8 Å². The second-order valence-corrected chi connectivity index (χ2v) is 8.20. The maximum absolute atomic E-state index is 13.2. The zero-order valence-electron chi connectivity index (χ0n) is 17.4. The summed E-state index contributed by atoms with van der Waals surface area (Å²) in [4.78, 5) is 27.4. The van der Waals surface area contributed by atoms with Gasteiger partial charge in [0.2, 0.25) is 0 Å². The molecule has 4 rings (SSSR count). The predicted molar refractivity (Wildman–Crippen MR) is 118 cm³/mol. The van der Waals surface area contributed by atoms with E-state index in [2.05, 4.69) is 10.6 Å². The van der Waals surface area contributed by atoms with Gasteiger partial charge in [0.05, 0.1) is 12.7 Å². The molecule has 0 unspecified atom stereocenters. The molecule has 30 heavy (non-hydrogen) atoms. The third-order valence-corrected chi connectivity index (χ3v) is 6.30. The van der Waals surface area contributed by atoms with Crippen molar-refractivity contribution in [3.05, 3.63) is 54.1 Å². The molecule has 1 aliphatic heterocycles. The molecule has 2 aromatic rings. The minimum absolute atomic E-state index is 0.0103. The molecule has 2 atom stereocenters. The molecule has 2 fully saturated rings. The van der Waals surface area contributed by atoms with Crippen molar-refractivity contribution in [2.45, 2.75) is 32.1 Å². The van der Waals surface area contributed by atoms with Crippen LogP contribution in [0.25, 0.3) is 0 Å². The number of fused-ring (bicyclic) bond motifs is 1. The lowest BCUT2D eigenvalue weighted by Crippen LogP contribution is -2.44. The van der Waals surface area contributed by atoms with Crippen LogP contribution in [0.15, 0.2) is 48.5 Å². The first-order valence-corrected chi connectivity index (χ1v) is 10.7. The molecular weight excluding hydrogens is 378 g/mol. The van der Waals surface area contributed by atoms with Gasteiger partial charge < -0.3 is 20.3 Å². The number of carbonyl (C=O) groups excluding carboxylic acids is 2. The van der Waals surface area contributed by atoms with Crippen molar-refractivity contribution >= 4 is 23.3 Å². The second-order valence-electron chi connectivity index (χ2n) is 8.20. The largest absolute Gasteiger partial charge is 0.496 e. The van der Waals surface area contributed by atoms with Gasteiger partial charge in [-0.15, -0.1) is 0 Å². The van der Waals surface area contributed by atoms with Crippen molar-refractivity contribution in [3.8, 4) is 5.75 Å². The summed E-state index contributed by atoms with van der Waals surface area (Å²) in [5, 5.41) is 5.57. The molecule has 1 saturated carbocycles. The van der Waals surface area contributed by atoms with Gasteiger partial charge in [-0.3, -0.25) is 4.79 Å². The Balaban J connectivity index is 1.43. The number of methoxy groups -OCH3 is 1. The molecule has 158 valence electrons. The minimum atomic E-state index is -0.346. The summed E-state index contributed by atoms with van der Waals surface area (Å²) in [5.74, 6) is 1.89. The van der Waals surface area contributed by atoms with Crippen molar-refractivity contribution in [1.82, 2.24) is 4.90 Å². The number of benzene rings is 2. The van der Waals surface area contributed by atoms with Crippen LogP contribution < -0.4 is 15.4 Å². The molecule has 1 heterocycles. The number of nitrogens with zero attached hydrogens (tertiary/aromatic N) is 1. The van der Waals surface area contributed by atoms with E-state index in [-0.39, 0.29) is 11.9 Å². The number of hydrogen-bond donors (Lipinski definition) is 2. The summed E-state index contributed by atoms with van der Waals surface area (Å²) in [7, 11) is 1.55. The highest BCUT2D eigenvalue weighted by Gasteiger charge is 2.33. The van der Waals surface area contributed by atoms with E-state index in [0.29, 0.717) is 28.6 Å². The summed E-state index contributed by atoms with van der Waals surface area (Å²) in [6.45, 7) is 1.65. The Morgan fingerprint density at radius 2 is 1.67 bits per heavy atom. The zero-order chi connectivity index (χ0) is 20.9. The number of carbonyl (C=O) groups is 2.